The van der Waals surface area contributed by atoms with Gasteiger partial charge < -0.3 is 0 Å². The minimum absolute atomic E-state index is 0.334. The van der Waals surface area contributed by atoms with Crippen molar-refractivity contribution < 1.29 is 0 Å². The molecule has 0 amide bonds. The molecule has 33 heavy (non-hydrogen) atoms. The summed E-state index contributed by atoms with van der Waals surface area (Å²) in [6.07, 6.45) is 16.6. The van der Waals surface area contributed by atoms with E-state index in [0.717, 1.165) is 0 Å². The quantitative estimate of drug-likeness (QED) is 0.148. The molecule has 5 rings (SSSR count). The van der Waals surface area contributed by atoms with Crippen LogP contribution in [0.3, 0.4) is 0 Å². The molecular formula is C32H32Se. The van der Waals surface area contributed by atoms with Gasteiger partial charge in [-0.2, -0.15) is 0 Å². The predicted molar refractivity (Wildman–Crippen MR) is 151 cm³/mol. The zero-order chi connectivity index (χ0) is 22.6. The molecule has 1 aromatic heterocycles. The Hall–Kier alpha value is -2.60. The van der Waals surface area contributed by atoms with Crippen molar-refractivity contribution in [2.75, 3.05) is 0 Å². The van der Waals surface area contributed by atoms with Crippen LogP contribution in [0.25, 0.3) is 53.0 Å². The molecule has 166 valence electrons. The van der Waals surface area contributed by atoms with E-state index in [9.17, 15) is 0 Å². The van der Waals surface area contributed by atoms with E-state index in [1.165, 1.54) is 82.0 Å². The van der Waals surface area contributed by atoms with Crippen molar-refractivity contribution in [3.63, 3.8) is 0 Å². The van der Waals surface area contributed by atoms with Crippen LogP contribution >= 0.6 is 0 Å². The Morgan fingerprint density at radius 1 is 0.576 bits per heavy atom. The van der Waals surface area contributed by atoms with E-state index in [4.69, 9.17) is 0 Å². The van der Waals surface area contributed by atoms with Crippen molar-refractivity contribution in [1.29, 1.82) is 0 Å². The summed E-state index contributed by atoms with van der Waals surface area (Å²) in [5.74, 6) is 0. The van der Waals surface area contributed by atoms with Gasteiger partial charge in [0.15, 0.2) is 0 Å². The number of rotatable bonds is 8. The molecule has 0 fully saturated rings. The fourth-order valence-corrected chi connectivity index (χ4v) is 7.55. The molecule has 0 saturated heterocycles. The van der Waals surface area contributed by atoms with E-state index >= 15 is 0 Å². The molecule has 5 aromatic rings. The van der Waals surface area contributed by atoms with Gasteiger partial charge in [-0.15, -0.1) is 0 Å². The number of fused-ring (bicyclic) bond motifs is 7. The van der Waals surface area contributed by atoms with Crippen LogP contribution in [0.4, 0.5) is 0 Å². The van der Waals surface area contributed by atoms with Crippen LogP contribution in [0.1, 0.15) is 63.5 Å². The average molecular weight is 496 g/mol. The van der Waals surface area contributed by atoms with Crippen LogP contribution < -0.4 is 0 Å². The SMILES string of the molecule is CCCC/C=C/c1ccc2c(ccc3c4ccc5cc(/C=C/CCCC)ccc5c4[se]c23)c1. The van der Waals surface area contributed by atoms with E-state index in [-0.39, 0.29) is 0 Å². The summed E-state index contributed by atoms with van der Waals surface area (Å²) in [5.41, 5.74) is 2.62. The molecule has 0 aliphatic carbocycles. The van der Waals surface area contributed by atoms with Gasteiger partial charge >= 0.3 is 204 Å². The predicted octanol–water partition coefficient (Wildman–Crippen LogP) is 9.76. The Balaban J connectivity index is 1.56. The van der Waals surface area contributed by atoms with Gasteiger partial charge in [0, 0.05) is 0 Å². The second-order valence-corrected chi connectivity index (χ2v) is 11.2. The maximum absolute atomic E-state index is 2.35. The standard InChI is InChI=1S/C32H32Se/c1-3-5-7-9-11-23-13-17-27-25(21-23)15-19-29-30-20-16-26-22-24(12-10-8-6-4-2)14-18-28(26)32(30)33-31(27)29/h9-22H,3-8H2,1-2H3/b11-9+,12-10+. The molecule has 0 radical (unpaired) electrons. The Morgan fingerprint density at radius 2 is 1.03 bits per heavy atom. The van der Waals surface area contributed by atoms with Crippen molar-refractivity contribution in [1.82, 2.24) is 0 Å². The first kappa shape index (κ1) is 22.2. The van der Waals surface area contributed by atoms with Crippen LogP contribution in [0.2, 0.25) is 0 Å². The molecule has 0 unspecified atom stereocenters. The number of hydrogen-bond acceptors (Lipinski definition) is 0. The summed E-state index contributed by atoms with van der Waals surface area (Å²) in [4.78, 5) is 0. The maximum atomic E-state index is 2.35. The van der Waals surface area contributed by atoms with Gasteiger partial charge in [-0.25, -0.2) is 0 Å². The molecule has 0 atom stereocenters. The van der Waals surface area contributed by atoms with Crippen molar-refractivity contribution in [2.45, 2.75) is 52.4 Å². The second kappa shape index (κ2) is 10.1. The third kappa shape index (κ3) is 4.58. The van der Waals surface area contributed by atoms with Gasteiger partial charge in [0.25, 0.3) is 0 Å². The molecule has 0 saturated carbocycles. The molecule has 1 heteroatoms. The molecule has 0 N–H and O–H groups in total. The summed E-state index contributed by atoms with van der Waals surface area (Å²) >= 11 is 0.334. The third-order valence-electron chi connectivity index (χ3n) is 6.55. The number of unbranched alkanes of at least 4 members (excludes halogenated alkanes) is 4. The minimum atomic E-state index is 0.334. The van der Waals surface area contributed by atoms with Gasteiger partial charge in [-0.05, 0) is 0 Å². The summed E-state index contributed by atoms with van der Waals surface area (Å²) < 4.78 is 3.10. The number of allylic oxidation sites excluding steroid dienone is 2. The van der Waals surface area contributed by atoms with E-state index in [0.29, 0.717) is 14.5 Å². The molecule has 4 aromatic carbocycles. The molecule has 0 spiro atoms. The topological polar surface area (TPSA) is 0 Å². The second-order valence-electron chi connectivity index (χ2n) is 9.04. The molecule has 0 aliphatic heterocycles. The van der Waals surface area contributed by atoms with E-state index < -0.39 is 0 Å². The van der Waals surface area contributed by atoms with Crippen molar-refractivity contribution in [3.8, 4) is 0 Å². The fourth-order valence-electron chi connectivity index (χ4n) is 4.68. The van der Waals surface area contributed by atoms with E-state index in [1.807, 2.05) is 0 Å². The van der Waals surface area contributed by atoms with Crippen molar-refractivity contribution in [2.24, 2.45) is 0 Å². The molecular weight excluding hydrogens is 463 g/mol. The average Bonchev–Trinajstić information content (AvgIpc) is 3.24. The molecule has 0 aliphatic rings. The Kier molecular flexibility index (Phi) is 6.81. The first-order valence-electron chi connectivity index (χ1n) is 12.4. The van der Waals surface area contributed by atoms with Gasteiger partial charge in [0.1, 0.15) is 0 Å². The van der Waals surface area contributed by atoms with Crippen molar-refractivity contribution in [3.05, 3.63) is 83.9 Å². The van der Waals surface area contributed by atoms with Gasteiger partial charge in [-0.1, -0.05) is 0 Å². The van der Waals surface area contributed by atoms with Crippen LogP contribution in [0.5, 0.6) is 0 Å². The van der Waals surface area contributed by atoms with Crippen LogP contribution in [0.15, 0.2) is 72.8 Å². The summed E-state index contributed by atoms with van der Waals surface area (Å²) in [6, 6.07) is 23.3. The summed E-state index contributed by atoms with van der Waals surface area (Å²) in [7, 11) is 0. The zero-order valence-corrected chi connectivity index (χ0v) is 21.4. The van der Waals surface area contributed by atoms with Gasteiger partial charge in [0.05, 0.1) is 0 Å². The van der Waals surface area contributed by atoms with Gasteiger partial charge in [0.2, 0.25) is 0 Å². The zero-order valence-electron chi connectivity index (χ0n) is 19.7. The monoisotopic (exact) mass is 496 g/mol. The Labute approximate surface area is 203 Å². The molecule has 1 heterocycles. The molecule has 0 bridgehead atoms. The van der Waals surface area contributed by atoms with E-state index in [1.54, 1.807) is 8.52 Å². The Morgan fingerprint density at radius 3 is 1.48 bits per heavy atom. The fraction of sp³-hybridized carbons (Fsp3) is 0.250. The van der Waals surface area contributed by atoms with E-state index in [2.05, 4.69) is 98.8 Å². The normalized spacial score (nSPS) is 12.4. The summed E-state index contributed by atoms with van der Waals surface area (Å²) in [6.45, 7) is 4.50. The Bertz CT molecular complexity index is 1370. The first-order valence-corrected chi connectivity index (χ1v) is 14.1. The van der Waals surface area contributed by atoms with Crippen LogP contribution in [-0.4, -0.2) is 14.5 Å². The third-order valence-corrected chi connectivity index (χ3v) is 9.25. The summed E-state index contributed by atoms with van der Waals surface area (Å²) in [5, 5.41) is 8.47. The number of hydrogen-bond donors (Lipinski definition) is 0. The molecule has 0 nitrogen and oxygen atoms in total. The van der Waals surface area contributed by atoms with Crippen LogP contribution in [0, 0.1) is 0 Å². The van der Waals surface area contributed by atoms with Gasteiger partial charge in [-0.3, -0.25) is 0 Å². The van der Waals surface area contributed by atoms with Crippen molar-refractivity contribution >= 4 is 67.5 Å². The van der Waals surface area contributed by atoms with Crippen LogP contribution in [-0.2, 0) is 0 Å². The number of benzene rings is 4. The first-order chi connectivity index (χ1) is 16.3.